The fourth-order valence-electron chi connectivity index (χ4n) is 4.78. The fourth-order valence-corrected chi connectivity index (χ4v) is 4.78. The van der Waals surface area contributed by atoms with E-state index < -0.39 is 30.7 Å². The highest BCUT2D eigenvalue weighted by Crippen LogP contribution is 2.19. The zero-order valence-corrected chi connectivity index (χ0v) is 29.1. The van der Waals surface area contributed by atoms with Crippen molar-refractivity contribution in [3.63, 3.8) is 0 Å². The van der Waals surface area contributed by atoms with Gasteiger partial charge in [0.05, 0.1) is 25.3 Å². The van der Waals surface area contributed by atoms with Crippen LogP contribution >= 0.6 is 0 Å². The summed E-state index contributed by atoms with van der Waals surface area (Å²) in [6.07, 6.45) is 11.4. The van der Waals surface area contributed by atoms with Crippen molar-refractivity contribution >= 4 is 18.1 Å². The number of rotatable bonds is 26. The minimum atomic E-state index is -1.23. The van der Waals surface area contributed by atoms with Gasteiger partial charge in [-0.05, 0) is 61.4 Å². The number of methoxy groups -OCH3 is 2. The normalized spacial score (nSPS) is 12.1. The van der Waals surface area contributed by atoms with Crippen molar-refractivity contribution in [1.29, 1.82) is 0 Å². The monoisotopic (exact) mass is 674 g/mol. The Hall–Kier alpha value is -3.83. The lowest BCUT2D eigenvalue weighted by molar-refractivity contribution is -0.348. The number of carbonyl (C=O) groups excluding carboxylic acids is 3. The molecule has 48 heavy (non-hydrogen) atoms. The molecule has 2 aromatic rings. The van der Waals surface area contributed by atoms with E-state index in [9.17, 15) is 14.4 Å². The van der Waals surface area contributed by atoms with Gasteiger partial charge in [-0.25, -0.2) is 14.4 Å². The summed E-state index contributed by atoms with van der Waals surface area (Å²) in [5, 5.41) is 0. The molecule has 2 rings (SSSR count). The van der Waals surface area contributed by atoms with Gasteiger partial charge in [0.25, 0.3) is 0 Å². The van der Waals surface area contributed by atoms with Crippen molar-refractivity contribution in [1.82, 2.24) is 0 Å². The number of benzene rings is 2. The molecule has 2 unspecified atom stereocenters. The molecule has 0 N–H and O–H groups in total. The van der Waals surface area contributed by atoms with Gasteiger partial charge in [0, 0.05) is 12.8 Å². The molecule has 0 spiro atoms. The van der Waals surface area contributed by atoms with Crippen molar-refractivity contribution in [2.24, 2.45) is 0 Å². The molecule has 0 heterocycles. The predicted molar refractivity (Wildman–Crippen MR) is 179 cm³/mol. The molecule has 0 saturated carbocycles. The van der Waals surface area contributed by atoms with E-state index >= 15 is 0 Å². The summed E-state index contributed by atoms with van der Waals surface area (Å²) in [5.41, 5.74) is 0.463. The molecule has 2 aromatic carbocycles. The van der Waals surface area contributed by atoms with Crippen LogP contribution < -0.4 is 9.47 Å². The van der Waals surface area contributed by atoms with E-state index in [0.29, 0.717) is 24.3 Å². The summed E-state index contributed by atoms with van der Waals surface area (Å²) in [6, 6.07) is 12.6. The summed E-state index contributed by atoms with van der Waals surface area (Å²) in [7, 11) is 3.05. The third-order valence-electron chi connectivity index (χ3n) is 7.66. The van der Waals surface area contributed by atoms with Crippen LogP contribution in [0.2, 0.25) is 0 Å². The van der Waals surface area contributed by atoms with Crippen LogP contribution in [-0.4, -0.2) is 44.9 Å². The van der Waals surface area contributed by atoms with E-state index in [2.05, 4.69) is 13.8 Å². The van der Waals surface area contributed by atoms with E-state index in [1.54, 1.807) is 24.3 Å². The zero-order chi connectivity index (χ0) is 34.8. The minimum absolute atomic E-state index is 0.231. The van der Waals surface area contributed by atoms with Crippen molar-refractivity contribution in [2.75, 3.05) is 14.2 Å². The Morgan fingerprint density at radius 1 is 0.500 bits per heavy atom. The number of unbranched alkanes of at least 4 members (excludes halogenated alkanes) is 12. The Kier molecular flexibility index (Phi) is 21.2. The fraction of sp³-hybridized carbons (Fsp3) is 0.595. The van der Waals surface area contributed by atoms with Crippen LogP contribution in [0.3, 0.4) is 0 Å². The minimum Gasteiger partial charge on any atom is -0.497 e. The van der Waals surface area contributed by atoms with Crippen molar-refractivity contribution in [3.05, 3.63) is 59.7 Å². The van der Waals surface area contributed by atoms with Gasteiger partial charge in [0.2, 0.25) is 12.6 Å². The van der Waals surface area contributed by atoms with Crippen molar-refractivity contribution in [2.45, 2.75) is 129 Å². The summed E-state index contributed by atoms with van der Waals surface area (Å²) in [4.78, 5) is 58.7. The second kappa shape index (κ2) is 25.2. The van der Waals surface area contributed by atoms with E-state index in [1.807, 2.05) is 0 Å². The van der Waals surface area contributed by atoms with Gasteiger partial charge in [-0.1, -0.05) is 90.9 Å². The first-order valence-electron chi connectivity index (χ1n) is 17.3. The van der Waals surface area contributed by atoms with E-state index in [1.165, 1.54) is 64.2 Å². The lowest BCUT2D eigenvalue weighted by atomic mass is 10.1. The number of ether oxygens (including phenoxy) is 4. The molecular weight excluding hydrogens is 620 g/mol. The Labute approximate surface area is 285 Å². The SMILES string of the molecule is CCCCCCCCCC(OOC(=O)c1ccc(OC)cc1)OC(=O)OC(CCCCCCCCC)OOC(=O)c1ccc(OC)cc1. The van der Waals surface area contributed by atoms with Gasteiger partial charge in [-0.2, -0.15) is 0 Å². The number of hydrogen-bond acceptors (Lipinski definition) is 11. The maximum absolute atomic E-state index is 12.9. The zero-order valence-electron chi connectivity index (χ0n) is 29.1. The molecule has 0 aromatic heterocycles. The third-order valence-corrected chi connectivity index (χ3v) is 7.66. The van der Waals surface area contributed by atoms with Gasteiger partial charge in [-0.15, -0.1) is 9.78 Å². The standard InChI is InChI=1S/C37H54O11/c1-5-7-9-11-13-15-17-19-33(45-47-35(38)29-21-25-31(41-3)26-22-29)43-37(40)44-34(20-18-16-14-12-10-8-6-2)46-48-36(39)30-23-27-32(42-4)28-24-30/h21-28,33-34H,5-20H2,1-4H3. The average molecular weight is 675 g/mol. The number of hydrogen-bond donors (Lipinski definition) is 0. The predicted octanol–water partition coefficient (Wildman–Crippen LogP) is 9.67. The van der Waals surface area contributed by atoms with Crippen LogP contribution in [0.15, 0.2) is 48.5 Å². The van der Waals surface area contributed by atoms with Crippen LogP contribution in [0, 0.1) is 0 Å². The molecule has 11 nitrogen and oxygen atoms in total. The molecule has 2 atom stereocenters. The van der Waals surface area contributed by atoms with Gasteiger partial charge in [-0.3, -0.25) is 9.78 Å². The summed E-state index contributed by atoms with van der Waals surface area (Å²) >= 11 is 0. The van der Waals surface area contributed by atoms with Gasteiger partial charge in [0.1, 0.15) is 11.5 Å². The molecule has 0 bridgehead atoms. The molecular formula is C37H54O11. The molecule has 0 aliphatic heterocycles. The third kappa shape index (κ3) is 17.4. The van der Waals surface area contributed by atoms with E-state index in [4.69, 9.17) is 38.5 Å². The molecule has 0 aliphatic rings. The molecule has 0 amide bonds. The van der Waals surface area contributed by atoms with Gasteiger partial charge < -0.3 is 18.9 Å². The molecule has 0 fully saturated rings. The Balaban J connectivity index is 1.99. The molecule has 0 aliphatic carbocycles. The highest BCUT2D eigenvalue weighted by Gasteiger charge is 2.25. The Morgan fingerprint density at radius 3 is 1.17 bits per heavy atom. The highest BCUT2D eigenvalue weighted by molar-refractivity contribution is 5.89. The quantitative estimate of drug-likeness (QED) is 0.0311. The van der Waals surface area contributed by atoms with E-state index in [0.717, 1.165) is 51.4 Å². The maximum atomic E-state index is 12.9. The Bertz CT molecular complexity index is 1060. The lowest BCUT2D eigenvalue weighted by Gasteiger charge is -2.20. The smallest absolute Gasteiger partial charge is 0.497 e. The first kappa shape index (κ1) is 40.3. The van der Waals surface area contributed by atoms with Crippen LogP contribution in [-0.2, 0) is 29.0 Å². The highest BCUT2D eigenvalue weighted by atomic mass is 17.2. The number of carbonyl (C=O) groups is 3. The topological polar surface area (TPSA) is 125 Å². The van der Waals surface area contributed by atoms with Crippen LogP contribution in [0.5, 0.6) is 11.5 Å². The molecule has 268 valence electrons. The second-order valence-electron chi connectivity index (χ2n) is 11.6. The van der Waals surface area contributed by atoms with E-state index in [-0.39, 0.29) is 24.0 Å². The van der Waals surface area contributed by atoms with Crippen molar-refractivity contribution < 1.29 is 52.9 Å². The summed E-state index contributed by atoms with van der Waals surface area (Å²) in [5.74, 6) is -0.355. The molecule has 0 saturated heterocycles. The second-order valence-corrected chi connectivity index (χ2v) is 11.6. The summed E-state index contributed by atoms with van der Waals surface area (Å²) < 4.78 is 21.1. The van der Waals surface area contributed by atoms with Crippen molar-refractivity contribution in [3.8, 4) is 11.5 Å². The lowest BCUT2D eigenvalue weighted by Crippen LogP contribution is -2.28. The first-order chi connectivity index (χ1) is 23.4. The van der Waals surface area contributed by atoms with Gasteiger partial charge in [0.15, 0.2) is 0 Å². The van der Waals surface area contributed by atoms with Gasteiger partial charge >= 0.3 is 18.1 Å². The molecule has 0 radical (unpaired) electrons. The average Bonchev–Trinajstić information content (AvgIpc) is 3.11. The van der Waals surface area contributed by atoms with Crippen LogP contribution in [0.1, 0.15) is 137 Å². The van der Waals surface area contributed by atoms with Crippen LogP contribution in [0.25, 0.3) is 0 Å². The largest absolute Gasteiger partial charge is 0.513 e. The summed E-state index contributed by atoms with van der Waals surface area (Å²) in [6.45, 7) is 4.33. The Morgan fingerprint density at radius 2 is 0.833 bits per heavy atom. The first-order valence-corrected chi connectivity index (χ1v) is 17.3. The maximum Gasteiger partial charge on any atom is 0.513 e. The molecule has 11 heteroatoms. The van der Waals surface area contributed by atoms with Crippen LogP contribution in [0.4, 0.5) is 4.79 Å².